The second-order valence-corrected chi connectivity index (χ2v) is 4.16. The Labute approximate surface area is 122 Å². The summed E-state index contributed by atoms with van der Waals surface area (Å²) >= 11 is 0. The summed E-state index contributed by atoms with van der Waals surface area (Å²) in [6.45, 7) is 0.542. The summed E-state index contributed by atoms with van der Waals surface area (Å²) in [6, 6.07) is 11.4. The second kappa shape index (κ2) is 7.50. The van der Waals surface area contributed by atoms with Crippen molar-refractivity contribution in [1.29, 1.82) is 5.26 Å². The summed E-state index contributed by atoms with van der Waals surface area (Å²) in [7, 11) is 0. The molecule has 6 heteroatoms. The fourth-order valence-corrected chi connectivity index (χ4v) is 1.61. The lowest BCUT2D eigenvalue weighted by Gasteiger charge is -2.05. The van der Waals surface area contributed by atoms with E-state index in [1.54, 1.807) is 18.3 Å². The minimum absolute atomic E-state index is 0.233. The molecule has 106 valence electrons. The molecule has 2 rings (SSSR count). The van der Waals surface area contributed by atoms with Gasteiger partial charge in [0.05, 0.1) is 6.20 Å². The molecule has 1 amide bonds. The average molecular weight is 282 g/mol. The molecule has 0 saturated heterocycles. The zero-order valence-corrected chi connectivity index (χ0v) is 11.2. The maximum Gasteiger partial charge on any atom is 0.407 e. The Balaban J connectivity index is 1.71. The molecule has 6 nitrogen and oxygen atoms in total. The minimum atomic E-state index is -0.490. The number of nitrogens with zero attached hydrogens (tertiary/aromatic N) is 2. The molecule has 1 heterocycles. The molecule has 0 aliphatic carbocycles. The quantitative estimate of drug-likeness (QED) is 0.879. The summed E-state index contributed by atoms with van der Waals surface area (Å²) in [5.41, 5.74) is 2.00. The number of H-pyrrole nitrogens is 1. The number of hydrogen-bond acceptors (Lipinski definition) is 4. The zero-order valence-electron chi connectivity index (χ0n) is 11.2. The Morgan fingerprint density at radius 3 is 3.00 bits per heavy atom. The highest BCUT2D eigenvalue weighted by Gasteiger charge is 2.01. The third-order valence-electron chi connectivity index (χ3n) is 2.65. The van der Waals surface area contributed by atoms with E-state index < -0.39 is 6.09 Å². The highest BCUT2D eigenvalue weighted by molar-refractivity contribution is 5.67. The first-order valence-corrected chi connectivity index (χ1v) is 6.34. The van der Waals surface area contributed by atoms with Gasteiger partial charge in [0, 0.05) is 12.1 Å². The van der Waals surface area contributed by atoms with Gasteiger partial charge >= 0.3 is 6.09 Å². The number of nitrogens with one attached hydrogen (secondary N) is 2. The molecule has 0 aliphatic rings. The van der Waals surface area contributed by atoms with E-state index in [1.165, 1.54) is 0 Å². The van der Waals surface area contributed by atoms with Crippen LogP contribution in [-0.4, -0.2) is 22.8 Å². The molecule has 1 aromatic carbocycles. The average Bonchev–Trinajstić information content (AvgIpc) is 2.98. The topological polar surface area (TPSA) is 90.8 Å². The number of aromatic nitrogens is 2. The van der Waals surface area contributed by atoms with E-state index in [-0.39, 0.29) is 6.61 Å². The number of carbonyl (C=O) groups excluding carboxylic acids is 1. The molecular formula is C15H14N4O2. The van der Waals surface area contributed by atoms with E-state index in [4.69, 9.17) is 10.00 Å². The molecular weight excluding hydrogens is 268 g/mol. The van der Waals surface area contributed by atoms with Crippen molar-refractivity contribution in [2.75, 3.05) is 6.54 Å². The maximum atomic E-state index is 11.5. The van der Waals surface area contributed by atoms with Crippen LogP contribution < -0.4 is 5.32 Å². The van der Waals surface area contributed by atoms with Crippen LogP contribution in [0.25, 0.3) is 6.08 Å². The molecule has 0 saturated carbocycles. The van der Waals surface area contributed by atoms with E-state index >= 15 is 0 Å². The summed E-state index contributed by atoms with van der Waals surface area (Å²) in [5, 5.41) is 17.7. The van der Waals surface area contributed by atoms with E-state index in [9.17, 15) is 4.79 Å². The fourth-order valence-electron chi connectivity index (χ4n) is 1.61. The van der Waals surface area contributed by atoms with Crippen molar-refractivity contribution in [3.63, 3.8) is 0 Å². The van der Waals surface area contributed by atoms with Gasteiger partial charge in [-0.1, -0.05) is 42.5 Å². The van der Waals surface area contributed by atoms with Gasteiger partial charge in [-0.2, -0.15) is 10.4 Å². The van der Waals surface area contributed by atoms with Gasteiger partial charge in [0.2, 0.25) is 0 Å². The summed E-state index contributed by atoms with van der Waals surface area (Å²) in [4.78, 5) is 11.5. The Bertz CT molecular complexity index is 656. The van der Waals surface area contributed by atoms with Crippen LogP contribution in [0.4, 0.5) is 4.79 Å². The molecule has 1 aromatic heterocycles. The van der Waals surface area contributed by atoms with E-state index in [0.29, 0.717) is 17.8 Å². The normalized spacial score (nSPS) is 10.2. The van der Waals surface area contributed by atoms with Gasteiger partial charge in [-0.05, 0) is 5.56 Å². The number of rotatable bonds is 5. The molecule has 0 radical (unpaired) electrons. The monoisotopic (exact) mass is 282 g/mol. The van der Waals surface area contributed by atoms with Crippen LogP contribution in [0.1, 0.15) is 16.8 Å². The number of alkyl carbamates (subject to hydrolysis) is 1. The van der Waals surface area contributed by atoms with E-state index in [1.807, 2.05) is 36.4 Å². The number of benzene rings is 1. The third kappa shape index (κ3) is 4.51. The van der Waals surface area contributed by atoms with Gasteiger partial charge in [0.15, 0.2) is 0 Å². The van der Waals surface area contributed by atoms with Gasteiger partial charge in [0.1, 0.15) is 18.4 Å². The first-order chi connectivity index (χ1) is 10.3. The second-order valence-electron chi connectivity index (χ2n) is 4.16. The summed E-state index contributed by atoms with van der Waals surface area (Å²) in [5.74, 6) is 0. The van der Waals surface area contributed by atoms with Crippen LogP contribution in [0.5, 0.6) is 0 Å². The predicted molar refractivity (Wildman–Crippen MR) is 77.0 cm³/mol. The number of hydrogen-bond donors (Lipinski definition) is 2. The summed E-state index contributed by atoms with van der Waals surface area (Å²) < 4.78 is 5.06. The van der Waals surface area contributed by atoms with Crippen molar-refractivity contribution in [2.45, 2.75) is 6.61 Å². The first-order valence-electron chi connectivity index (χ1n) is 6.34. The van der Waals surface area contributed by atoms with Crippen molar-refractivity contribution in [1.82, 2.24) is 15.5 Å². The standard InChI is InChI=1S/C15H14N4O2/c16-9-14-13(10-18-19-14)7-4-8-17-15(20)21-11-12-5-2-1-3-6-12/h1-7,10H,8,11H2,(H,17,20)(H,18,19). The van der Waals surface area contributed by atoms with Gasteiger partial charge in [-0.25, -0.2) is 4.79 Å². The molecule has 0 bridgehead atoms. The molecule has 2 aromatic rings. The van der Waals surface area contributed by atoms with Crippen LogP contribution in [0.3, 0.4) is 0 Å². The number of aromatic amines is 1. The Morgan fingerprint density at radius 1 is 1.43 bits per heavy atom. The molecule has 0 unspecified atom stereocenters. The highest BCUT2D eigenvalue weighted by Crippen LogP contribution is 2.04. The summed E-state index contributed by atoms with van der Waals surface area (Å²) in [6.07, 6.45) is 4.48. The van der Waals surface area contributed by atoms with Gasteiger partial charge in [-0.3, -0.25) is 5.10 Å². The van der Waals surface area contributed by atoms with Crippen LogP contribution >= 0.6 is 0 Å². The lowest BCUT2D eigenvalue weighted by molar-refractivity contribution is 0.141. The van der Waals surface area contributed by atoms with Crippen molar-refractivity contribution in [2.24, 2.45) is 0 Å². The number of ether oxygens (including phenoxy) is 1. The van der Waals surface area contributed by atoms with Crippen LogP contribution in [0, 0.1) is 11.3 Å². The third-order valence-corrected chi connectivity index (χ3v) is 2.65. The molecule has 0 atom stereocenters. The zero-order chi connectivity index (χ0) is 14.9. The van der Waals surface area contributed by atoms with Crippen molar-refractivity contribution >= 4 is 12.2 Å². The lowest BCUT2D eigenvalue weighted by Crippen LogP contribution is -2.24. The highest BCUT2D eigenvalue weighted by atomic mass is 16.5. The predicted octanol–water partition coefficient (Wildman–Crippen LogP) is 2.22. The SMILES string of the molecule is N#Cc1[nH]ncc1C=CCNC(=O)OCc1ccccc1. The van der Waals surface area contributed by atoms with Crippen LogP contribution in [-0.2, 0) is 11.3 Å². The van der Waals surface area contributed by atoms with Gasteiger partial charge in [0.25, 0.3) is 0 Å². The molecule has 0 aliphatic heterocycles. The van der Waals surface area contributed by atoms with Crippen molar-refractivity contribution < 1.29 is 9.53 Å². The number of nitriles is 1. The molecule has 21 heavy (non-hydrogen) atoms. The van der Waals surface area contributed by atoms with Crippen molar-refractivity contribution in [3.05, 3.63) is 59.4 Å². The Morgan fingerprint density at radius 2 is 2.24 bits per heavy atom. The smallest absolute Gasteiger partial charge is 0.407 e. The molecule has 0 fully saturated rings. The van der Waals surface area contributed by atoms with Gasteiger partial charge in [-0.15, -0.1) is 0 Å². The van der Waals surface area contributed by atoms with Gasteiger partial charge < -0.3 is 10.1 Å². The minimum Gasteiger partial charge on any atom is -0.445 e. The van der Waals surface area contributed by atoms with E-state index in [2.05, 4.69) is 15.5 Å². The van der Waals surface area contributed by atoms with Crippen molar-refractivity contribution in [3.8, 4) is 6.07 Å². The number of amides is 1. The van der Waals surface area contributed by atoms with Crippen LogP contribution in [0.15, 0.2) is 42.6 Å². The first kappa shape index (κ1) is 14.3. The van der Waals surface area contributed by atoms with Crippen LogP contribution in [0.2, 0.25) is 0 Å². The largest absolute Gasteiger partial charge is 0.445 e. The fraction of sp³-hybridized carbons (Fsp3) is 0.133. The Hall–Kier alpha value is -3.07. The lowest BCUT2D eigenvalue weighted by atomic mass is 10.2. The molecule has 0 spiro atoms. The number of carbonyl (C=O) groups is 1. The van der Waals surface area contributed by atoms with E-state index in [0.717, 1.165) is 5.56 Å². The Kier molecular flexibility index (Phi) is 5.12. The maximum absolute atomic E-state index is 11.5. The molecule has 2 N–H and O–H groups in total.